The number of benzene rings is 2. The summed E-state index contributed by atoms with van der Waals surface area (Å²) in [6.07, 6.45) is 0. The topological polar surface area (TPSA) is 83.3 Å². The largest absolute Gasteiger partial charge is 0.493 e. The van der Waals surface area contributed by atoms with Crippen molar-refractivity contribution in [2.24, 2.45) is 0 Å². The molecule has 2 aromatic carbocycles. The maximum Gasteiger partial charge on any atom is 0.350 e. The van der Waals surface area contributed by atoms with Crippen LogP contribution in [0.4, 0.5) is 5.82 Å². The van der Waals surface area contributed by atoms with Crippen LogP contribution in [0.3, 0.4) is 0 Å². The third-order valence-electron chi connectivity index (χ3n) is 5.81. The van der Waals surface area contributed by atoms with Crippen LogP contribution in [0, 0.1) is 13.8 Å². The second-order valence-corrected chi connectivity index (χ2v) is 8.84. The Morgan fingerprint density at radius 2 is 1.74 bits per heavy atom. The molecule has 0 radical (unpaired) electrons. The Hall–Kier alpha value is -3.72. The number of ether oxygens (including phenoxy) is 4. The SMILES string of the molecule is CCOC(=O)c1sc2nc(-c3cc(OC)c(OC)c(OC)c3)c(NCc3ccccc3C)n2c1C. The maximum absolute atomic E-state index is 12.5. The van der Waals surface area contributed by atoms with Crippen LogP contribution < -0.4 is 19.5 Å². The van der Waals surface area contributed by atoms with E-state index in [0.29, 0.717) is 45.9 Å². The van der Waals surface area contributed by atoms with E-state index >= 15 is 0 Å². The van der Waals surface area contributed by atoms with Crippen molar-refractivity contribution in [2.45, 2.75) is 27.3 Å². The van der Waals surface area contributed by atoms with E-state index in [4.69, 9.17) is 23.9 Å². The van der Waals surface area contributed by atoms with E-state index in [2.05, 4.69) is 24.4 Å². The lowest BCUT2D eigenvalue weighted by Gasteiger charge is -2.15. The third kappa shape index (κ3) is 4.51. The summed E-state index contributed by atoms with van der Waals surface area (Å²) in [6.45, 7) is 6.67. The first-order valence-electron chi connectivity index (χ1n) is 11.2. The summed E-state index contributed by atoms with van der Waals surface area (Å²) in [6, 6.07) is 11.9. The molecule has 0 amide bonds. The minimum Gasteiger partial charge on any atom is -0.493 e. The van der Waals surface area contributed by atoms with Gasteiger partial charge < -0.3 is 24.3 Å². The first-order valence-corrected chi connectivity index (χ1v) is 12.0. The molecule has 0 spiro atoms. The summed E-state index contributed by atoms with van der Waals surface area (Å²) < 4.78 is 23.8. The molecule has 0 bridgehead atoms. The van der Waals surface area contributed by atoms with Gasteiger partial charge in [0.15, 0.2) is 16.5 Å². The van der Waals surface area contributed by atoms with Gasteiger partial charge in [-0.2, -0.15) is 0 Å². The molecule has 0 saturated carbocycles. The summed E-state index contributed by atoms with van der Waals surface area (Å²) in [4.78, 5) is 18.7. The average molecular weight is 496 g/mol. The van der Waals surface area contributed by atoms with Crippen LogP contribution in [-0.4, -0.2) is 43.3 Å². The number of anilines is 1. The minimum atomic E-state index is -0.348. The molecule has 184 valence electrons. The standard InChI is InChI=1S/C26H29N3O5S/c1-7-34-25(30)23-16(3)29-24(27-14-17-11-9-8-10-15(17)2)21(28-26(29)35-23)18-12-19(31-4)22(33-6)20(13-18)32-5/h8-13,27H,7,14H2,1-6H3. The lowest BCUT2D eigenvalue weighted by molar-refractivity contribution is 0.0531. The fraction of sp³-hybridized carbons (Fsp3) is 0.308. The van der Waals surface area contributed by atoms with Crippen LogP contribution >= 0.6 is 11.3 Å². The number of fused-ring (bicyclic) bond motifs is 1. The van der Waals surface area contributed by atoms with Crippen molar-refractivity contribution in [3.63, 3.8) is 0 Å². The van der Waals surface area contributed by atoms with Gasteiger partial charge in [0.25, 0.3) is 0 Å². The number of methoxy groups -OCH3 is 3. The first kappa shape index (κ1) is 24.4. The zero-order valence-electron chi connectivity index (χ0n) is 20.7. The molecule has 0 aliphatic rings. The fourth-order valence-electron chi connectivity index (χ4n) is 4.00. The van der Waals surface area contributed by atoms with Crippen molar-refractivity contribution in [1.29, 1.82) is 0 Å². The van der Waals surface area contributed by atoms with E-state index in [1.165, 1.54) is 16.9 Å². The number of nitrogens with zero attached hydrogens (tertiary/aromatic N) is 2. The summed E-state index contributed by atoms with van der Waals surface area (Å²) in [5.41, 5.74) is 4.62. The highest BCUT2D eigenvalue weighted by molar-refractivity contribution is 7.19. The zero-order chi connectivity index (χ0) is 25.1. The molecule has 1 N–H and O–H groups in total. The highest BCUT2D eigenvalue weighted by Crippen LogP contribution is 2.43. The summed E-state index contributed by atoms with van der Waals surface area (Å²) >= 11 is 1.30. The monoisotopic (exact) mass is 495 g/mol. The summed E-state index contributed by atoms with van der Waals surface area (Å²) in [7, 11) is 4.74. The van der Waals surface area contributed by atoms with E-state index in [0.717, 1.165) is 22.6 Å². The molecular formula is C26H29N3O5S. The van der Waals surface area contributed by atoms with Crippen molar-refractivity contribution >= 4 is 28.1 Å². The Kier molecular flexibility index (Phi) is 7.16. The number of hydrogen-bond acceptors (Lipinski definition) is 8. The smallest absolute Gasteiger partial charge is 0.350 e. The zero-order valence-corrected chi connectivity index (χ0v) is 21.5. The van der Waals surface area contributed by atoms with Crippen LogP contribution in [-0.2, 0) is 11.3 Å². The Morgan fingerprint density at radius 1 is 1.06 bits per heavy atom. The van der Waals surface area contributed by atoms with Crippen molar-refractivity contribution in [1.82, 2.24) is 9.38 Å². The van der Waals surface area contributed by atoms with Crippen LogP contribution in [0.15, 0.2) is 36.4 Å². The van der Waals surface area contributed by atoms with Crippen LogP contribution in [0.2, 0.25) is 0 Å². The number of carbonyl (C=O) groups is 1. The summed E-state index contributed by atoms with van der Waals surface area (Å²) in [5, 5.41) is 3.56. The number of imidazole rings is 1. The molecule has 0 aliphatic carbocycles. The maximum atomic E-state index is 12.5. The van der Waals surface area contributed by atoms with Gasteiger partial charge >= 0.3 is 5.97 Å². The fourth-order valence-corrected chi connectivity index (χ4v) is 5.02. The number of aromatic nitrogens is 2. The van der Waals surface area contributed by atoms with Crippen molar-refractivity contribution in [3.05, 3.63) is 58.1 Å². The number of thiazole rings is 1. The second kappa shape index (κ2) is 10.3. The Balaban J connectivity index is 1.89. The van der Waals surface area contributed by atoms with E-state index in [9.17, 15) is 4.79 Å². The molecular weight excluding hydrogens is 466 g/mol. The number of nitrogens with one attached hydrogen (secondary N) is 1. The molecule has 4 aromatic rings. The van der Waals surface area contributed by atoms with Gasteiger partial charge in [0, 0.05) is 17.8 Å². The molecule has 0 aliphatic heterocycles. The molecule has 0 atom stereocenters. The highest BCUT2D eigenvalue weighted by atomic mass is 32.1. The van der Waals surface area contributed by atoms with E-state index in [1.54, 1.807) is 28.3 Å². The predicted molar refractivity (Wildman–Crippen MR) is 137 cm³/mol. The molecule has 4 rings (SSSR count). The van der Waals surface area contributed by atoms with Crippen molar-refractivity contribution < 1.29 is 23.7 Å². The quantitative estimate of drug-likeness (QED) is 0.307. The first-order chi connectivity index (χ1) is 16.9. The van der Waals surface area contributed by atoms with Gasteiger partial charge in [0.05, 0.1) is 27.9 Å². The van der Waals surface area contributed by atoms with E-state index < -0.39 is 0 Å². The van der Waals surface area contributed by atoms with Gasteiger partial charge in [0.1, 0.15) is 16.4 Å². The molecule has 2 heterocycles. The Bertz CT molecular complexity index is 1350. The number of aryl methyl sites for hydroxylation is 2. The van der Waals surface area contributed by atoms with Gasteiger partial charge in [-0.3, -0.25) is 4.40 Å². The van der Waals surface area contributed by atoms with Crippen LogP contribution in [0.25, 0.3) is 16.2 Å². The molecule has 8 nitrogen and oxygen atoms in total. The Morgan fingerprint density at radius 3 is 2.34 bits per heavy atom. The third-order valence-corrected chi connectivity index (χ3v) is 6.93. The van der Waals surface area contributed by atoms with Gasteiger partial charge in [-0.1, -0.05) is 35.6 Å². The number of carbonyl (C=O) groups excluding carboxylic acids is 1. The number of hydrogen-bond donors (Lipinski definition) is 1. The van der Waals surface area contributed by atoms with Gasteiger partial charge in [0.2, 0.25) is 5.75 Å². The van der Waals surface area contributed by atoms with Gasteiger partial charge in [-0.25, -0.2) is 9.78 Å². The summed E-state index contributed by atoms with van der Waals surface area (Å²) in [5.74, 6) is 2.00. The molecule has 35 heavy (non-hydrogen) atoms. The molecule has 9 heteroatoms. The van der Waals surface area contributed by atoms with Gasteiger partial charge in [-0.15, -0.1) is 0 Å². The van der Waals surface area contributed by atoms with Crippen LogP contribution in [0.5, 0.6) is 17.2 Å². The Labute approximate surface area is 208 Å². The predicted octanol–water partition coefficient (Wildman–Crippen LogP) is 5.49. The molecule has 0 fully saturated rings. The molecule has 2 aromatic heterocycles. The van der Waals surface area contributed by atoms with E-state index in [-0.39, 0.29) is 5.97 Å². The molecule has 0 unspecified atom stereocenters. The average Bonchev–Trinajstić information content (AvgIpc) is 3.39. The van der Waals surface area contributed by atoms with Crippen molar-refractivity contribution in [3.8, 4) is 28.5 Å². The van der Waals surface area contributed by atoms with Crippen LogP contribution in [0.1, 0.15) is 33.4 Å². The highest BCUT2D eigenvalue weighted by Gasteiger charge is 2.25. The minimum absolute atomic E-state index is 0.313. The lowest BCUT2D eigenvalue weighted by atomic mass is 10.1. The van der Waals surface area contributed by atoms with Gasteiger partial charge in [-0.05, 0) is 44.0 Å². The number of esters is 1. The number of rotatable bonds is 9. The second-order valence-electron chi connectivity index (χ2n) is 7.86. The molecule has 0 saturated heterocycles. The van der Waals surface area contributed by atoms with E-state index in [1.807, 2.05) is 35.6 Å². The normalized spacial score (nSPS) is 10.9. The van der Waals surface area contributed by atoms with Crippen molar-refractivity contribution in [2.75, 3.05) is 33.3 Å². The lowest BCUT2D eigenvalue weighted by Crippen LogP contribution is -2.08.